The number of aryl methyl sites for hydroxylation is 1. The van der Waals surface area contributed by atoms with E-state index in [0.717, 1.165) is 6.42 Å². The van der Waals surface area contributed by atoms with Crippen LogP contribution in [-0.2, 0) is 0 Å². The van der Waals surface area contributed by atoms with E-state index >= 15 is 0 Å². The molecule has 0 aromatic heterocycles. The molecule has 5 aromatic carbocycles. The number of fused-ring (bicyclic) bond motifs is 3. The Hall–Kier alpha value is -3.58. The Morgan fingerprint density at radius 2 is 1.21 bits per heavy atom. The van der Waals surface area contributed by atoms with Crippen molar-refractivity contribution in [3.8, 4) is 11.1 Å². The average molecular weight is 430 g/mol. The highest BCUT2D eigenvalue weighted by Crippen LogP contribution is 2.46. The van der Waals surface area contributed by atoms with Crippen molar-refractivity contribution >= 4 is 32.9 Å². The van der Waals surface area contributed by atoms with Gasteiger partial charge in [-0.15, -0.1) is 0 Å². The number of nitrogens with zero attached hydrogens (tertiary/aromatic N) is 1. The van der Waals surface area contributed by atoms with E-state index < -0.39 is 0 Å². The lowest BCUT2D eigenvalue weighted by atomic mass is 9.82. The van der Waals surface area contributed by atoms with Gasteiger partial charge >= 0.3 is 0 Å². The lowest BCUT2D eigenvalue weighted by molar-refractivity contribution is 0.735. The number of hydrogen-bond acceptors (Lipinski definition) is 1. The largest absolute Gasteiger partial charge is 0.344 e. The molecule has 0 heterocycles. The van der Waals surface area contributed by atoms with Crippen molar-refractivity contribution in [2.24, 2.45) is 0 Å². The molecule has 0 spiro atoms. The third-order valence-electron chi connectivity index (χ3n) is 7.17. The van der Waals surface area contributed by atoms with Crippen LogP contribution in [0.25, 0.3) is 32.7 Å². The molecule has 0 amide bonds. The summed E-state index contributed by atoms with van der Waals surface area (Å²) in [5.74, 6) is 0.466. The topological polar surface area (TPSA) is 3.24 Å². The van der Waals surface area contributed by atoms with Crippen molar-refractivity contribution in [1.82, 2.24) is 0 Å². The quantitative estimate of drug-likeness (QED) is 0.252. The van der Waals surface area contributed by atoms with Gasteiger partial charge in [-0.2, -0.15) is 0 Å². The van der Waals surface area contributed by atoms with Gasteiger partial charge in [-0.1, -0.05) is 92.7 Å². The van der Waals surface area contributed by atoms with Crippen molar-refractivity contribution in [1.29, 1.82) is 0 Å². The Morgan fingerprint density at radius 1 is 0.636 bits per heavy atom. The molecule has 1 atom stereocenters. The minimum Gasteiger partial charge on any atom is -0.344 e. The van der Waals surface area contributed by atoms with Gasteiger partial charge in [0.25, 0.3) is 0 Å². The maximum atomic E-state index is 2.35. The molecule has 0 saturated heterocycles. The molecule has 1 unspecified atom stereocenters. The first-order valence-corrected chi connectivity index (χ1v) is 11.9. The Kier molecular flexibility index (Phi) is 5.64. The smallest absolute Gasteiger partial charge is 0.0491 e. The highest BCUT2D eigenvalue weighted by atomic mass is 15.1. The summed E-state index contributed by atoms with van der Waals surface area (Å²) in [5.41, 5.74) is 7.94. The first-order chi connectivity index (χ1) is 16.1. The number of rotatable bonds is 5. The molecule has 164 valence electrons. The van der Waals surface area contributed by atoms with E-state index in [1.807, 2.05) is 0 Å². The number of hydrogen-bond donors (Lipinski definition) is 0. The second-order valence-corrected chi connectivity index (χ2v) is 9.04. The lowest BCUT2D eigenvalue weighted by Crippen LogP contribution is -2.12. The summed E-state index contributed by atoms with van der Waals surface area (Å²) < 4.78 is 0. The normalized spacial score (nSPS) is 12.2. The van der Waals surface area contributed by atoms with Crippen LogP contribution >= 0.6 is 0 Å². The summed E-state index contributed by atoms with van der Waals surface area (Å²) in [5, 5.41) is 5.31. The van der Waals surface area contributed by atoms with Crippen molar-refractivity contribution in [2.45, 2.75) is 33.1 Å². The van der Waals surface area contributed by atoms with Crippen LogP contribution in [0.2, 0.25) is 0 Å². The van der Waals surface area contributed by atoms with Gasteiger partial charge in [0.05, 0.1) is 0 Å². The van der Waals surface area contributed by atoms with E-state index in [-0.39, 0.29) is 0 Å². The van der Waals surface area contributed by atoms with Gasteiger partial charge in [-0.3, -0.25) is 0 Å². The van der Waals surface area contributed by atoms with Gasteiger partial charge in [0.2, 0.25) is 0 Å². The minimum absolute atomic E-state index is 0.466. The van der Waals surface area contributed by atoms with E-state index in [1.165, 1.54) is 55.2 Å². The predicted molar refractivity (Wildman–Crippen MR) is 145 cm³/mol. The fourth-order valence-corrected chi connectivity index (χ4v) is 5.17. The summed E-state index contributed by atoms with van der Waals surface area (Å²) in [4.78, 5) is 2.34. The summed E-state index contributed by atoms with van der Waals surface area (Å²) in [6.07, 6.45) is 1.11. The summed E-state index contributed by atoms with van der Waals surface area (Å²) in [7, 11) is 2.19. The molecule has 0 saturated carbocycles. The zero-order chi connectivity index (χ0) is 22.9. The Bertz CT molecular complexity index is 1430. The van der Waals surface area contributed by atoms with Gasteiger partial charge in [0.15, 0.2) is 0 Å². The average Bonchev–Trinajstić information content (AvgIpc) is 2.88. The molecular formula is C32H31N. The standard InChI is InChI=1S/C32H31N/c1-5-22(2)25-20-13-21-30(33(4)24-14-7-6-8-15-24)32(25)31-23(3)26-16-9-10-17-27(26)28-18-11-12-19-29(28)31/h6-22H,5H2,1-4H3. The molecule has 1 heteroatoms. The van der Waals surface area contributed by atoms with E-state index in [4.69, 9.17) is 0 Å². The fraction of sp³-hybridized carbons (Fsp3) is 0.188. The number of anilines is 2. The van der Waals surface area contributed by atoms with Crippen LogP contribution in [0, 0.1) is 6.92 Å². The molecule has 0 aliphatic rings. The van der Waals surface area contributed by atoms with Crippen LogP contribution in [-0.4, -0.2) is 7.05 Å². The van der Waals surface area contributed by atoms with E-state index in [9.17, 15) is 0 Å². The zero-order valence-corrected chi connectivity index (χ0v) is 20.0. The number of benzene rings is 5. The highest BCUT2D eigenvalue weighted by molar-refractivity contribution is 6.17. The maximum Gasteiger partial charge on any atom is 0.0491 e. The zero-order valence-electron chi connectivity index (χ0n) is 20.0. The lowest BCUT2D eigenvalue weighted by Gasteiger charge is -2.28. The Morgan fingerprint density at radius 3 is 1.88 bits per heavy atom. The molecule has 0 bridgehead atoms. The van der Waals surface area contributed by atoms with Gasteiger partial charge in [0, 0.05) is 24.0 Å². The number of para-hydroxylation sites is 1. The first-order valence-electron chi connectivity index (χ1n) is 11.9. The summed E-state index contributed by atoms with van der Waals surface area (Å²) in [6, 6.07) is 35.2. The molecule has 0 radical (unpaired) electrons. The molecule has 5 rings (SSSR count). The molecule has 0 N–H and O–H groups in total. The van der Waals surface area contributed by atoms with E-state index in [1.54, 1.807) is 0 Å². The van der Waals surface area contributed by atoms with Crippen LogP contribution in [0.1, 0.15) is 37.3 Å². The van der Waals surface area contributed by atoms with Crippen LogP contribution in [0.5, 0.6) is 0 Å². The van der Waals surface area contributed by atoms with Crippen LogP contribution in [0.15, 0.2) is 97.1 Å². The van der Waals surface area contributed by atoms with Crippen LogP contribution in [0.3, 0.4) is 0 Å². The molecule has 0 aliphatic heterocycles. The van der Waals surface area contributed by atoms with Crippen molar-refractivity contribution in [3.05, 3.63) is 108 Å². The second-order valence-electron chi connectivity index (χ2n) is 9.04. The fourth-order valence-electron chi connectivity index (χ4n) is 5.17. The maximum absolute atomic E-state index is 2.35. The Balaban J connectivity index is 1.92. The molecule has 0 fully saturated rings. The van der Waals surface area contributed by atoms with Crippen LogP contribution < -0.4 is 4.90 Å². The summed E-state index contributed by atoms with van der Waals surface area (Å²) >= 11 is 0. The van der Waals surface area contributed by atoms with Crippen molar-refractivity contribution in [3.63, 3.8) is 0 Å². The highest BCUT2D eigenvalue weighted by Gasteiger charge is 2.22. The monoisotopic (exact) mass is 429 g/mol. The SMILES string of the molecule is CCC(C)c1cccc(N(C)c2ccccc2)c1-c1c(C)c2ccccc2c2ccccc12. The van der Waals surface area contributed by atoms with Gasteiger partial charge in [-0.05, 0) is 75.7 Å². The molecule has 33 heavy (non-hydrogen) atoms. The van der Waals surface area contributed by atoms with Crippen molar-refractivity contribution < 1.29 is 0 Å². The molecule has 5 aromatic rings. The minimum atomic E-state index is 0.466. The molecule has 1 nitrogen and oxygen atoms in total. The van der Waals surface area contributed by atoms with Crippen molar-refractivity contribution in [2.75, 3.05) is 11.9 Å². The van der Waals surface area contributed by atoms with E-state index in [0.29, 0.717) is 5.92 Å². The third kappa shape index (κ3) is 3.58. The Labute approximate surface area is 197 Å². The molecular weight excluding hydrogens is 398 g/mol. The second kappa shape index (κ2) is 8.75. The van der Waals surface area contributed by atoms with Gasteiger partial charge in [-0.25, -0.2) is 0 Å². The van der Waals surface area contributed by atoms with E-state index in [2.05, 4.69) is 130 Å². The first kappa shape index (κ1) is 21.3. The predicted octanol–water partition coefficient (Wildman–Crippen LogP) is 9.25. The van der Waals surface area contributed by atoms with Gasteiger partial charge in [0.1, 0.15) is 0 Å². The van der Waals surface area contributed by atoms with Gasteiger partial charge < -0.3 is 4.90 Å². The summed E-state index contributed by atoms with van der Waals surface area (Å²) in [6.45, 7) is 6.93. The van der Waals surface area contributed by atoms with Crippen LogP contribution in [0.4, 0.5) is 11.4 Å². The third-order valence-corrected chi connectivity index (χ3v) is 7.17. The molecule has 0 aliphatic carbocycles.